The number of halogens is 2. The Morgan fingerprint density at radius 2 is 1.69 bits per heavy atom. The van der Waals surface area contributed by atoms with Crippen LogP contribution in [0.4, 0.5) is 14.5 Å². The van der Waals surface area contributed by atoms with Crippen molar-refractivity contribution in [2.45, 2.75) is 75.0 Å². The van der Waals surface area contributed by atoms with E-state index in [4.69, 9.17) is 10.3 Å². The second kappa shape index (κ2) is 15.0. The van der Waals surface area contributed by atoms with Crippen LogP contribution in [0, 0.1) is 17.6 Å². The number of benzene rings is 3. The highest BCUT2D eigenvalue weighted by Gasteiger charge is 2.50. The van der Waals surface area contributed by atoms with Crippen LogP contribution in [-0.2, 0) is 16.6 Å². The molecule has 0 radical (unpaired) electrons. The van der Waals surface area contributed by atoms with Crippen LogP contribution in [0.3, 0.4) is 0 Å². The van der Waals surface area contributed by atoms with Crippen LogP contribution < -0.4 is 11.1 Å². The number of aliphatic carboxylic acids is 1. The molecule has 2 saturated carbocycles. The van der Waals surface area contributed by atoms with Crippen LogP contribution in [0.1, 0.15) is 77.9 Å². The van der Waals surface area contributed by atoms with Gasteiger partial charge in [0, 0.05) is 61.8 Å². The van der Waals surface area contributed by atoms with Gasteiger partial charge >= 0.3 is 5.97 Å². The van der Waals surface area contributed by atoms with Gasteiger partial charge in [0.05, 0.1) is 23.0 Å². The van der Waals surface area contributed by atoms with E-state index in [0.29, 0.717) is 25.5 Å². The normalized spacial score (nSPS) is 22.5. The molecule has 13 heteroatoms. The zero-order chi connectivity index (χ0) is 38.3. The highest BCUT2D eigenvalue weighted by molar-refractivity contribution is 5.93. The van der Waals surface area contributed by atoms with Gasteiger partial charge in [-0.1, -0.05) is 54.4 Å². The van der Waals surface area contributed by atoms with Crippen molar-refractivity contribution in [3.8, 4) is 22.5 Å². The molecule has 3 fully saturated rings. The van der Waals surface area contributed by atoms with Crippen molar-refractivity contribution in [1.82, 2.24) is 25.3 Å². The number of piperidine rings is 1. The third-order valence-electron chi connectivity index (χ3n) is 11.7. The fourth-order valence-corrected chi connectivity index (χ4v) is 8.60. The molecule has 1 amide bonds. The second-order valence-corrected chi connectivity index (χ2v) is 15.0. The molecule has 9 rings (SSSR count). The summed E-state index contributed by atoms with van der Waals surface area (Å²) in [6.07, 6.45) is 10.2. The van der Waals surface area contributed by atoms with Crippen molar-refractivity contribution in [2.24, 2.45) is 5.92 Å². The number of aliphatic hydroxyl groups excluding tert-OH is 1. The Balaban J connectivity index is 0.000000163. The fraction of sp³-hybridized carbons (Fsp3) is 0.357. The molecule has 0 unspecified atom stereocenters. The first kappa shape index (κ1) is 36.4. The number of hydrogen-bond donors (Lipinski definition) is 4. The lowest BCUT2D eigenvalue weighted by atomic mass is 9.86. The summed E-state index contributed by atoms with van der Waals surface area (Å²) in [5.41, 5.74) is 13.8. The van der Waals surface area contributed by atoms with Crippen molar-refractivity contribution in [2.75, 3.05) is 18.8 Å². The topological polar surface area (TPSA) is 168 Å². The molecule has 55 heavy (non-hydrogen) atoms. The second-order valence-electron chi connectivity index (χ2n) is 15.0. The van der Waals surface area contributed by atoms with Gasteiger partial charge in [0.25, 0.3) is 5.91 Å². The molecule has 1 aliphatic heterocycles. The average molecular weight is 749 g/mol. The fourth-order valence-electron chi connectivity index (χ4n) is 8.60. The lowest BCUT2D eigenvalue weighted by molar-refractivity contribution is -0.145. The molecular weight excluding hydrogens is 706 g/mol. The molecule has 3 heterocycles. The number of carboxylic acids is 1. The highest BCUT2D eigenvalue weighted by atomic mass is 19.1. The van der Waals surface area contributed by atoms with Crippen molar-refractivity contribution >= 4 is 17.6 Å². The molecule has 1 saturated heterocycles. The van der Waals surface area contributed by atoms with Gasteiger partial charge < -0.3 is 25.8 Å². The number of carbonyl (C=O) groups excluding carboxylic acids is 1. The summed E-state index contributed by atoms with van der Waals surface area (Å²) in [6.45, 7) is 0.786. The Kier molecular flexibility index (Phi) is 9.91. The van der Waals surface area contributed by atoms with Gasteiger partial charge in [-0.05, 0) is 78.1 Å². The van der Waals surface area contributed by atoms with Gasteiger partial charge in [-0.25, -0.2) is 18.7 Å². The molecule has 0 spiro atoms. The van der Waals surface area contributed by atoms with Crippen molar-refractivity contribution in [3.05, 3.63) is 119 Å². The van der Waals surface area contributed by atoms with E-state index in [1.165, 1.54) is 39.9 Å². The minimum Gasteiger partial charge on any atom is -0.481 e. The number of nitrogens with zero attached hydrogens (tertiary/aromatic N) is 4. The zero-order valence-electron chi connectivity index (χ0n) is 30.1. The van der Waals surface area contributed by atoms with Crippen LogP contribution in [0.15, 0.2) is 83.6 Å². The lowest BCUT2D eigenvalue weighted by Gasteiger charge is -2.43. The van der Waals surface area contributed by atoms with E-state index >= 15 is 0 Å². The van der Waals surface area contributed by atoms with E-state index in [9.17, 15) is 28.6 Å². The summed E-state index contributed by atoms with van der Waals surface area (Å²) in [5.74, 6) is -3.23. The third kappa shape index (κ3) is 7.09. The number of likely N-dealkylation sites (tertiary alicyclic amines) is 1. The van der Waals surface area contributed by atoms with Crippen LogP contribution in [-0.4, -0.2) is 73.4 Å². The predicted molar refractivity (Wildman–Crippen MR) is 200 cm³/mol. The Morgan fingerprint density at radius 3 is 2.44 bits per heavy atom. The predicted octanol–water partition coefficient (Wildman–Crippen LogP) is 6.14. The number of carbonyl (C=O) groups is 2. The maximum atomic E-state index is 14.0. The number of amides is 1. The number of nitrogen functional groups attached to an aromatic ring is 1. The first-order chi connectivity index (χ1) is 26.6. The smallest absolute Gasteiger partial charge is 0.309 e. The van der Waals surface area contributed by atoms with Crippen molar-refractivity contribution < 1.29 is 33.1 Å². The Morgan fingerprint density at radius 1 is 0.927 bits per heavy atom. The number of hydrogen-bond acceptors (Lipinski definition) is 9. The van der Waals surface area contributed by atoms with E-state index in [2.05, 4.69) is 56.8 Å². The van der Waals surface area contributed by atoms with Crippen molar-refractivity contribution in [1.29, 1.82) is 0 Å². The minimum atomic E-state index is -1.03. The Hall–Kier alpha value is -5.53. The molecule has 5 aromatic rings. The SMILES string of the molecule is Nc1c(C2(c3ncccn3)CC2)ccc2c1Cc1ccccc1-2.O=C(N[C@@H]1CCN([C@@H]2CCCC[C@H]2O)C[C@H]1C(=O)O)c1cc(-c2ccc(F)cc2F)on1. The van der Waals surface area contributed by atoms with E-state index < -0.39 is 41.6 Å². The van der Waals surface area contributed by atoms with Gasteiger partial charge in [0.1, 0.15) is 17.5 Å². The summed E-state index contributed by atoms with van der Waals surface area (Å²) in [4.78, 5) is 35.6. The Labute approximate surface area is 316 Å². The van der Waals surface area contributed by atoms with Crippen LogP contribution >= 0.6 is 0 Å². The summed E-state index contributed by atoms with van der Waals surface area (Å²) in [6, 6.07) is 18.4. The molecule has 4 atom stereocenters. The number of fused-ring (bicyclic) bond motifs is 3. The molecule has 4 aliphatic rings. The summed E-state index contributed by atoms with van der Waals surface area (Å²) < 4.78 is 32.1. The number of nitrogens with two attached hydrogens (primary N) is 1. The average Bonchev–Trinajstić information content (AvgIpc) is 3.67. The largest absolute Gasteiger partial charge is 0.481 e. The first-order valence-electron chi connectivity index (χ1n) is 18.8. The van der Waals surface area contributed by atoms with Crippen LogP contribution in [0.2, 0.25) is 0 Å². The van der Waals surface area contributed by atoms with Gasteiger partial charge in [-0.15, -0.1) is 0 Å². The molecule has 11 nitrogen and oxygen atoms in total. The highest BCUT2D eigenvalue weighted by Crippen LogP contribution is 2.55. The van der Waals surface area contributed by atoms with E-state index in [1.807, 2.05) is 23.4 Å². The van der Waals surface area contributed by atoms with Gasteiger partial charge in [0.15, 0.2) is 11.5 Å². The van der Waals surface area contributed by atoms with Gasteiger partial charge in [0.2, 0.25) is 0 Å². The standard InChI is InChI=1S/C22H25F2N3O5.C20H17N3/c23-12-5-6-13(15(24)9-12)20-10-17(26-32-20)21(29)25-16-7-8-27(11-14(16)22(30)31)18-3-1-2-4-19(18)28;21-18-16-12-13-4-1-2-5-14(13)15(16)6-7-17(18)20(8-9-20)19-22-10-3-11-23-19/h5-6,9-10,14,16,18-19,28H,1-4,7-8,11H2,(H,25,29)(H,30,31);1-7,10-11H,8-9,12,21H2/t14-,16-,18-,19-;/m1./s1. The van der Waals surface area contributed by atoms with E-state index in [0.717, 1.165) is 56.1 Å². The number of rotatable bonds is 7. The summed E-state index contributed by atoms with van der Waals surface area (Å²) in [7, 11) is 0. The molecule has 3 aromatic carbocycles. The summed E-state index contributed by atoms with van der Waals surface area (Å²) in [5, 5.41) is 26.4. The quantitative estimate of drug-likeness (QED) is 0.139. The number of aliphatic hydroxyl groups is 1. The minimum absolute atomic E-state index is 0.0384. The number of aromatic nitrogens is 3. The van der Waals surface area contributed by atoms with Crippen LogP contribution in [0.25, 0.3) is 22.5 Å². The van der Waals surface area contributed by atoms with E-state index in [-0.39, 0.29) is 35.0 Å². The monoisotopic (exact) mass is 748 g/mol. The first-order valence-corrected chi connectivity index (χ1v) is 18.8. The van der Waals surface area contributed by atoms with Crippen LogP contribution in [0.5, 0.6) is 0 Å². The van der Waals surface area contributed by atoms with Crippen molar-refractivity contribution in [3.63, 3.8) is 0 Å². The number of carboxylic acid groups (broad SMARTS) is 1. The lowest BCUT2D eigenvalue weighted by Crippen LogP contribution is -2.58. The summed E-state index contributed by atoms with van der Waals surface area (Å²) >= 11 is 0. The third-order valence-corrected chi connectivity index (χ3v) is 11.7. The van der Waals surface area contributed by atoms with Gasteiger partial charge in [-0.3, -0.25) is 14.5 Å². The molecule has 5 N–H and O–H groups in total. The number of nitrogens with one attached hydrogen (secondary N) is 1. The molecular formula is C42H42F2N6O5. The molecule has 3 aliphatic carbocycles. The van der Waals surface area contributed by atoms with Gasteiger partial charge in [-0.2, -0.15) is 0 Å². The molecule has 2 aromatic heterocycles. The Bertz CT molecular complexity index is 2230. The van der Waals surface area contributed by atoms with E-state index in [1.54, 1.807) is 0 Å². The molecule has 284 valence electrons. The molecule has 0 bridgehead atoms. The number of anilines is 1. The maximum Gasteiger partial charge on any atom is 0.309 e. The zero-order valence-corrected chi connectivity index (χ0v) is 30.1. The maximum absolute atomic E-state index is 14.0.